The molecule has 2 saturated heterocycles. The number of carbonyl (C=O) groups is 2. The van der Waals surface area contributed by atoms with E-state index in [1.807, 2.05) is 13.8 Å². The molecule has 0 amide bonds. The Kier molecular flexibility index (Phi) is 11.7. The predicted molar refractivity (Wildman–Crippen MR) is 173 cm³/mol. The molecule has 2 saturated carbocycles. The average Bonchev–Trinajstić information content (AvgIpc) is 2.99. The molecule has 4 unspecified atom stereocenters. The third-order valence-electron chi connectivity index (χ3n) is 11.9. The highest BCUT2D eigenvalue weighted by molar-refractivity contribution is 5.92. The zero-order valence-electron chi connectivity index (χ0n) is 28.7. The Labute approximate surface area is 271 Å². The summed E-state index contributed by atoms with van der Waals surface area (Å²) in [6, 6.07) is 0. The monoisotopic (exact) mass is 635 g/mol. The van der Waals surface area contributed by atoms with E-state index < -0.39 is 63.6 Å². The molecule has 4 aliphatic rings. The molecule has 8 atom stereocenters. The summed E-state index contributed by atoms with van der Waals surface area (Å²) in [7, 11) is 0. The quantitative estimate of drug-likeness (QED) is 0.141. The summed E-state index contributed by atoms with van der Waals surface area (Å²) in [6.07, 6.45) is 8.87. The predicted octanol–water partition coefficient (Wildman–Crippen LogP) is 4.73. The highest BCUT2D eigenvalue weighted by atomic mass is 16.6. The van der Waals surface area contributed by atoms with Gasteiger partial charge in [-0.15, -0.1) is 6.58 Å². The summed E-state index contributed by atoms with van der Waals surface area (Å²) in [6.45, 7) is 17.7. The second-order valence-electron chi connectivity index (χ2n) is 15.6. The normalized spacial score (nSPS) is 40.0. The molecule has 0 radical (unpaired) electrons. The van der Waals surface area contributed by atoms with Crippen LogP contribution in [-0.4, -0.2) is 99.9 Å². The number of carbonyl (C=O) groups excluding carboxylic acids is 2. The van der Waals surface area contributed by atoms with Gasteiger partial charge in [0.15, 0.2) is 17.5 Å². The van der Waals surface area contributed by atoms with E-state index in [2.05, 4.69) is 11.5 Å². The van der Waals surface area contributed by atoms with Gasteiger partial charge in [0, 0.05) is 37.3 Å². The van der Waals surface area contributed by atoms with E-state index in [0.29, 0.717) is 19.3 Å². The van der Waals surface area contributed by atoms with Crippen LogP contribution in [0.1, 0.15) is 118 Å². The minimum absolute atomic E-state index is 0.136. The largest absolute Gasteiger partial charge is 0.456 e. The number of ether oxygens (including phenoxy) is 3. The summed E-state index contributed by atoms with van der Waals surface area (Å²) >= 11 is 0. The van der Waals surface area contributed by atoms with Crippen molar-refractivity contribution in [1.82, 2.24) is 4.90 Å². The molecule has 2 heterocycles. The second kappa shape index (κ2) is 14.4. The van der Waals surface area contributed by atoms with Gasteiger partial charge in [-0.3, -0.25) is 14.5 Å². The minimum Gasteiger partial charge on any atom is -0.456 e. The number of hydrogen-bond acceptors (Lipinski definition) is 9. The number of hydrogen-bond donors (Lipinski definition) is 3. The molecule has 45 heavy (non-hydrogen) atoms. The molecular weight excluding hydrogens is 574 g/mol. The lowest BCUT2D eigenvalue weighted by atomic mass is 9.40. The molecule has 0 aromatic rings. The molecule has 0 aromatic heterocycles. The number of ketones is 1. The van der Waals surface area contributed by atoms with Crippen molar-refractivity contribution in [2.45, 2.75) is 153 Å². The maximum absolute atomic E-state index is 14.0. The van der Waals surface area contributed by atoms with Crippen LogP contribution in [0, 0.1) is 16.7 Å². The van der Waals surface area contributed by atoms with Gasteiger partial charge in [-0.2, -0.15) is 0 Å². The smallest absolute Gasteiger partial charge is 0.306 e. The van der Waals surface area contributed by atoms with E-state index in [4.69, 9.17) is 14.2 Å². The van der Waals surface area contributed by atoms with Crippen LogP contribution in [0.4, 0.5) is 0 Å². The zero-order chi connectivity index (χ0) is 33.1. The van der Waals surface area contributed by atoms with Crippen molar-refractivity contribution in [1.29, 1.82) is 0 Å². The number of esters is 1. The highest BCUT2D eigenvalue weighted by Gasteiger charge is 2.81. The van der Waals surface area contributed by atoms with Crippen molar-refractivity contribution in [2.24, 2.45) is 16.7 Å². The maximum atomic E-state index is 14.0. The van der Waals surface area contributed by atoms with Crippen LogP contribution in [0.15, 0.2) is 12.7 Å². The third kappa shape index (κ3) is 6.95. The van der Waals surface area contributed by atoms with Crippen LogP contribution < -0.4 is 0 Å². The second-order valence-corrected chi connectivity index (χ2v) is 15.6. The fourth-order valence-corrected chi connectivity index (χ4v) is 9.35. The lowest BCUT2D eigenvalue weighted by Gasteiger charge is -2.71. The summed E-state index contributed by atoms with van der Waals surface area (Å²) in [5.41, 5.74) is -7.10. The molecule has 0 spiro atoms. The molecule has 2 aliphatic carbocycles. The maximum Gasteiger partial charge on any atom is 0.306 e. The number of unbranched alkanes of at least 4 members (excludes halogenated alkanes) is 8. The first-order valence-electron chi connectivity index (χ1n) is 17.6. The number of rotatable bonds is 14. The van der Waals surface area contributed by atoms with Crippen LogP contribution in [0.5, 0.6) is 0 Å². The van der Waals surface area contributed by atoms with Crippen molar-refractivity contribution < 1.29 is 39.1 Å². The van der Waals surface area contributed by atoms with Gasteiger partial charge >= 0.3 is 5.97 Å². The van der Waals surface area contributed by atoms with Crippen LogP contribution in [0.25, 0.3) is 0 Å². The van der Waals surface area contributed by atoms with E-state index in [1.54, 1.807) is 20.8 Å². The van der Waals surface area contributed by atoms with Crippen molar-refractivity contribution in [3.05, 3.63) is 12.7 Å². The van der Waals surface area contributed by atoms with Crippen LogP contribution in [0.2, 0.25) is 0 Å². The number of morpholine rings is 1. The Bertz CT molecular complexity index is 1040. The van der Waals surface area contributed by atoms with Gasteiger partial charge < -0.3 is 29.5 Å². The fourth-order valence-electron chi connectivity index (χ4n) is 9.35. The van der Waals surface area contributed by atoms with Gasteiger partial charge in [0.05, 0.1) is 31.0 Å². The molecule has 4 rings (SSSR count). The first-order chi connectivity index (χ1) is 21.2. The molecule has 4 fully saturated rings. The lowest BCUT2D eigenvalue weighted by Crippen LogP contribution is -2.86. The van der Waals surface area contributed by atoms with E-state index in [9.17, 15) is 24.9 Å². The van der Waals surface area contributed by atoms with Crippen molar-refractivity contribution in [3.8, 4) is 0 Å². The van der Waals surface area contributed by atoms with Crippen molar-refractivity contribution in [3.63, 3.8) is 0 Å². The van der Waals surface area contributed by atoms with Crippen LogP contribution in [-0.2, 0) is 23.8 Å². The Balaban J connectivity index is 1.32. The molecule has 9 heteroatoms. The fraction of sp³-hybridized carbons (Fsp3) is 0.889. The van der Waals surface area contributed by atoms with Crippen molar-refractivity contribution >= 4 is 11.8 Å². The van der Waals surface area contributed by atoms with Gasteiger partial charge in [0.1, 0.15) is 5.60 Å². The molecular formula is C36H61NO8. The minimum atomic E-state index is -2.20. The Hall–Kier alpha value is -1.36. The summed E-state index contributed by atoms with van der Waals surface area (Å²) in [5.74, 6) is -1.69. The number of Topliss-reactive ketones (excluding diaryl/α,β-unsaturated/α-hetero) is 1. The molecule has 2 aliphatic heterocycles. The molecule has 3 N–H and O–H groups in total. The number of aliphatic hydroxyl groups excluding tert-OH is 2. The SMILES string of the molecule is C=C[C@@]1(C)CC(=O)[C@]2(O)C3(C)C(C(O)C(OC(=O)CCCCCCCCCCCN4CCOCC4)[C@@]2(C)O1)C(C)(C)CC[C@@H]3O. The van der Waals surface area contributed by atoms with Gasteiger partial charge in [-0.1, -0.05) is 71.8 Å². The van der Waals surface area contributed by atoms with Gasteiger partial charge in [-0.25, -0.2) is 0 Å². The molecule has 258 valence electrons. The van der Waals surface area contributed by atoms with E-state index in [-0.39, 0.29) is 12.8 Å². The topological polar surface area (TPSA) is 126 Å². The van der Waals surface area contributed by atoms with Crippen molar-refractivity contribution in [2.75, 3.05) is 32.8 Å². The Morgan fingerprint density at radius 3 is 2.16 bits per heavy atom. The number of fused-ring (bicyclic) bond motifs is 3. The highest BCUT2D eigenvalue weighted by Crippen LogP contribution is 2.67. The molecule has 0 bridgehead atoms. The summed E-state index contributed by atoms with van der Waals surface area (Å²) < 4.78 is 17.9. The third-order valence-corrected chi connectivity index (χ3v) is 11.9. The van der Waals surface area contributed by atoms with Gasteiger partial charge in [-0.05, 0) is 51.5 Å². The Morgan fingerprint density at radius 2 is 1.56 bits per heavy atom. The first-order valence-corrected chi connectivity index (χ1v) is 17.6. The van der Waals surface area contributed by atoms with Crippen LogP contribution in [0.3, 0.4) is 0 Å². The standard InChI is InChI=1S/C36H61NO8/c1-7-33(4)25-27(39)36(42)34(5)26(38)18-19-32(2,3)30(34)29(41)31(35(36,6)45-33)44-28(40)17-15-13-11-9-8-10-12-14-16-20-37-21-23-43-24-22-37/h7,26,29-31,38,41-42H,1,8-25H2,2-6H3/t26-,29?,30?,31?,33-,34?,35+,36-/m0/s1. The summed E-state index contributed by atoms with van der Waals surface area (Å²) in [4.78, 5) is 29.8. The summed E-state index contributed by atoms with van der Waals surface area (Å²) in [5, 5.41) is 35.9. The number of aliphatic hydroxyl groups is 3. The van der Waals surface area contributed by atoms with Crippen LogP contribution >= 0.6 is 0 Å². The average molecular weight is 636 g/mol. The lowest BCUT2D eigenvalue weighted by molar-refractivity contribution is -0.370. The van der Waals surface area contributed by atoms with E-state index in [1.165, 1.54) is 44.7 Å². The number of nitrogens with zero attached hydrogens (tertiary/aromatic N) is 1. The van der Waals surface area contributed by atoms with E-state index >= 15 is 0 Å². The zero-order valence-corrected chi connectivity index (χ0v) is 28.7. The first kappa shape index (κ1) is 36.5. The van der Waals surface area contributed by atoms with Gasteiger partial charge in [0.2, 0.25) is 0 Å². The van der Waals surface area contributed by atoms with E-state index in [0.717, 1.165) is 45.6 Å². The molecule has 9 nitrogen and oxygen atoms in total. The Morgan fingerprint density at radius 1 is 0.978 bits per heavy atom. The van der Waals surface area contributed by atoms with Gasteiger partial charge in [0.25, 0.3) is 0 Å². The molecule has 0 aromatic carbocycles.